The Morgan fingerprint density at radius 2 is 1.92 bits per heavy atom. The second-order valence-corrected chi connectivity index (χ2v) is 6.25. The van der Waals surface area contributed by atoms with Crippen LogP contribution in [0, 0.1) is 5.92 Å². The Hall–Kier alpha value is -2.15. The van der Waals surface area contributed by atoms with Crippen LogP contribution in [0.25, 0.3) is 0 Å². The van der Waals surface area contributed by atoms with E-state index in [1.165, 1.54) is 17.7 Å². The van der Waals surface area contributed by atoms with Gasteiger partial charge in [0.25, 0.3) is 0 Å². The number of ether oxygens (including phenoxy) is 1. The molecule has 4 nitrogen and oxygen atoms in total. The molecule has 134 valence electrons. The van der Waals surface area contributed by atoms with Crippen molar-refractivity contribution in [2.75, 3.05) is 19.7 Å². The van der Waals surface area contributed by atoms with Crippen molar-refractivity contribution in [3.05, 3.63) is 54.0 Å². The first-order valence-electron chi connectivity index (χ1n) is 8.29. The minimum absolute atomic E-state index is 0.0348. The van der Waals surface area contributed by atoms with Gasteiger partial charge in [0.15, 0.2) is 0 Å². The van der Waals surface area contributed by atoms with Crippen LogP contribution in [0.15, 0.2) is 42.7 Å². The Morgan fingerprint density at radius 1 is 1.12 bits per heavy atom. The fourth-order valence-electron chi connectivity index (χ4n) is 2.92. The van der Waals surface area contributed by atoms with Gasteiger partial charge >= 0.3 is 6.18 Å². The Kier molecular flexibility index (Phi) is 5.53. The fourth-order valence-corrected chi connectivity index (χ4v) is 2.92. The minimum Gasteiger partial charge on any atom is -0.477 e. The largest absolute Gasteiger partial charge is 0.477 e. The van der Waals surface area contributed by atoms with Crippen LogP contribution in [0.2, 0.25) is 0 Å². The summed E-state index contributed by atoms with van der Waals surface area (Å²) in [6, 6.07) is 7.72. The molecule has 0 amide bonds. The molecule has 3 heterocycles. The Morgan fingerprint density at radius 3 is 2.60 bits per heavy atom. The van der Waals surface area contributed by atoms with Gasteiger partial charge in [-0.2, -0.15) is 13.2 Å². The topological polar surface area (TPSA) is 38.2 Å². The van der Waals surface area contributed by atoms with Gasteiger partial charge in [0, 0.05) is 25.0 Å². The number of alkyl halides is 3. The number of hydrogen-bond acceptors (Lipinski definition) is 4. The molecule has 3 rings (SSSR count). The van der Waals surface area contributed by atoms with E-state index < -0.39 is 11.9 Å². The Labute approximate surface area is 144 Å². The van der Waals surface area contributed by atoms with E-state index in [2.05, 4.69) is 20.9 Å². The molecular formula is C18H20F3N3O. The summed E-state index contributed by atoms with van der Waals surface area (Å²) in [6.45, 7) is 3.16. The summed E-state index contributed by atoms with van der Waals surface area (Å²) >= 11 is 0. The molecule has 0 aromatic carbocycles. The monoisotopic (exact) mass is 351 g/mol. The molecule has 0 saturated carbocycles. The van der Waals surface area contributed by atoms with E-state index >= 15 is 0 Å². The highest BCUT2D eigenvalue weighted by Crippen LogP contribution is 2.29. The number of likely N-dealkylation sites (tertiary alicyclic amines) is 1. The molecule has 0 radical (unpaired) electrons. The molecule has 1 fully saturated rings. The average molecular weight is 351 g/mol. The van der Waals surface area contributed by atoms with Gasteiger partial charge in [0.05, 0.1) is 6.61 Å². The lowest BCUT2D eigenvalue weighted by Crippen LogP contribution is -2.35. The van der Waals surface area contributed by atoms with Crippen LogP contribution >= 0.6 is 0 Å². The Bertz CT molecular complexity index is 671. The lowest BCUT2D eigenvalue weighted by molar-refractivity contribution is -0.141. The molecule has 0 atom stereocenters. The summed E-state index contributed by atoms with van der Waals surface area (Å²) in [6.07, 6.45) is 1.10. The van der Waals surface area contributed by atoms with Crippen LogP contribution < -0.4 is 4.74 Å². The highest BCUT2D eigenvalue weighted by Gasteiger charge is 2.32. The summed E-state index contributed by atoms with van der Waals surface area (Å²) in [7, 11) is 0. The number of rotatable bonds is 5. The molecule has 2 aromatic rings. The third kappa shape index (κ3) is 5.16. The molecule has 1 aliphatic heterocycles. The van der Waals surface area contributed by atoms with Gasteiger partial charge < -0.3 is 4.74 Å². The molecule has 0 bridgehead atoms. The third-order valence-electron chi connectivity index (χ3n) is 4.32. The molecule has 25 heavy (non-hydrogen) atoms. The first-order valence-corrected chi connectivity index (χ1v) is 8.29. The summed E-state index contributed by atoms with van der Waals surface area (Å²) < 4.78 is 43.5. The van der Waals surface area contributed by atoms with Gasteiger partial charge in [-0.15, -0.1) is 0 Å². The van der Waals surface area contributed by atoms with E-state index in [1.807, 2.05) is 12.3 Å². The summed E-state index contributed by atoms with van der Waals surface area (Å²) in [4.78, 5) is 10.0. The maximum Gasteiger partial charge on any atom is 0.433 e. The minimum atomic E-state index is -4.45. The molecule has 0 N–H and O–H groups in total. The second-order valence-electron chi connectivity index (χ2n) is 6.25. The lowest BCUT2D eigenvalue weighted by Gasteiger charge is -2.31. The van der Waals surface area contributed by atoms with Gasteiger partial charge in [-0.3, -0.25) is 9.88 Å². The van der Waals surface area contributed by atoms with Crippen molar-refractivity contribution in [3.8, 4) is 5.88 Å². The van der Waals surface area contributed by atoms with Crippen molar-refractivity contribution in [2.45, 2.75) is 25.6 Å². The number of aromatic nitrogens is 2. The zero-order valence-electron chi connectivity index (χ0n) is 13.7. The van der Waals surface area contributed by atoms with Crippen LogP contribution in [0.3, 0.4) is 0 Å². The molecule has 7 heteroatoms. The first kappa shape index (κ1) is 17.7. The number of pyridine rings is 2. The van der Waals surface area contributed by atoms with Crippen LogP contribution in [-0.2, 0) is 12.7 Å². The van der Waals surface area contributed by atoms with Crippen LogP contribution in [0.5, 0.6) is 5.88 Å². The lowest BCUT2D eigenvalue weighted by atomic mass is 9.97. The number of nitrogens with zero attached hydrogens (tertiary/aromatic N) is 3. The smallest absolute Gasteiger partial charge is 0.433 e. The standard InChI is InChI=1S/C18H20F3N3O/c19-18(20,21)16-4-1-5-17(23-16)25-13-14-6-9-24(10-7-14)12-15-3-2-8-22-11-15/h1-5,8,11,14H,6-7,9-10,12-13H2. The maximum atomic E-state index is 12.7. The predicted octanol–water partition coefficient (Wildman–Crippen LogP) is 3.79. The summed E-state index contributed by atoms with van der Waals surface area (Å²) in [5.74, 6) is 0.370. The highest BCUT2D eigenvalue weighted by atomic mass is 19.4. The van der Waals surface area contributed by atoms with Crippen LogP contribution in [0.1, 0.15) is 24.1 Å². The van der Waals surface area contributed by atoms with Gasteiger partial charge in [-0.1, -0.05) is 12.1 Å². The van der Waals surface area contributed by atoms with Crippen molar-refractivity contribution < 1.29 is 17.9 Å². The number of halogens is 3. The summed E-state index contributed by atoms with van der Waals surface area (Å²) in [5, 5.41) is 0. The summed E-state index contributed by atoms with van der Waals surface area (Å²) in [5.41, 5.74) is 0.265. The van der Waals surface area contributed by atoms with Gasteiger partial charge in [-0.05, 0) is 49.5 Å². The van der Waals surface area contributed by atoms with E-state index in [-0.39, 0.29) is 5.88 Å². The van der Waals surface area contributed by atoms with Crippen LogP contribution in [-0.4, -0.2) is 34.6 Å². The van der Waals surface area contributed by atoms with E-state index in [9.17, 15) is 13.2 Å². The van der Waals surface area contributed by atoms with Gasteiger partial charge in [0.2, 0.25) is 5.88 Å². The van der Waals surface area contributed by atoms with Crippen LogP contribution in [0.4, 0.5) is 13.2 Å². The Balaban J connectivity index is 1.45. The molecule has 0 spiro atoms. The predicted molar refractivity (Wildman–Crippen MR) is 87.0 cm³/mol. The fraction of sp³-hybridized carbons (Fsp3) is 0.444. The zero-order chi connectivity index (χ0) is 17.7. The van der Waals surface area contributed by atoms with Crippen molar-refractivity contribution >= 4 is 0 Å². The SMILES string of the molecule is FC(F)(F)c1cccc(OCC2CCN(Cc3cccnc3)CC2)n1. The normalized spacial score (nSPS) is 16.8. The van der Waals surface area contributed by atoms with E-state index in [1.54, 1.807) is 6.20 Å². The number of hydrogen-bond donors (Lipinski definition) is 0. The van der Waals surface area contributed by atoms with Crippen molar-refractivity contribution in [2.24, 2.45) is 5.92 Å². The van der Waals surface area contributed by atoms with Crippen molar-refractivity contribution in [1.29, 1.82) is 0 Å². The van der Waals surface area contributed by atoms with E-state index in [0.717, 1.165) is 38.5 Å². The zero-order valence-corrected chi connectivity index (χ0v) is 13.7. The maximum absolute atomic E-state index is 12.7. The van der Waals surface area contributed by atoms with Gasteiger partial charge in [-0.25, -0.2) is 4.98 Å². The average Bonchev–Trinajstić information content (AvgIpc) is 2.62. The van der Waals surface area contributed by atoms with E-state index in [4.69, 9.17) is 4.74 Å². The molecular weight excluding hydrogens is 331 g/mol. The van der Waals surface area contributed by atoms with E-state index in [0.29, 0.717) is 12.5 Å². The quantitative estimate of drug-likeness (QED) is 0.822. The molecule has 2 aromatic heterocycles. The van der Waals surface area contributed by atoms with Crippen molar-refractivity contribution in [3.63, 3.8) is 0 Å². The second kappa shape index (κ2) is 7.82. The van der Waals surface area contributed by atoms with Gasteiger partial charge in [0.1, 0.15) is 5.69 Å². The third-order valence-corrected chi connectivity index (χ3v) is 4.32. The molecule has 0 unspecified atom stereocenters. The molecule has 0 aliphatic carbocycles. The molecule has 1 aliphatic rings. The highest BCUT2D eigenvalue weighted by molar-refractivity contribution is 5.17. The number of piperidine rings is 1. The first-order chi connectivity index (χ1) is 12.0. The van der Waals surface area contributed by atoms with Crippen molar-refractivity contribution in [1.82, 2.24) is 14.9 Å². The molecule has 1 saturated heterocycles.